The number of nitrogens with zero attached hydrogens (tertiary/aromatic N) is 3. The number of ether oxygens (including phenoxy) is 1. The first-order valence-corrected chi connectivity index (χ1v) is 12.1. The molecule has 5 rings (SSSR count). The van der Waals surface area contributed by atoms with Gasteiger partial charge in [0.05, 0.1) is 0 Å². The van der Waals surface area contributed by atoms with E-state index in [-0.39, 0.29) is 0 Å². The zero-order chi connectivity index (χ0) is 18.8. The fraction of sp³-hybridized carbons (Fsp3) is 0.609. The van der Waals surface area contributed by atoms with Crippen LogP contribution >= 0.6 is 11.8 Å². The number of fused-ring (bicyclic) bond motifs is 3. The average molecular weight is 398 g/mol. The highest BCUT2D eigenvalue weighted by molar-refractivity contribution is 7.99. The summed E-state index contributed by atoms with van der Waals surface area (Å²) in [5, 5.41) is 1.27. The number of rotatable bonds is 3. The second-order valence-electron chi connectivity index (χ2n) is 8.48. The summed E-state index contributed by atoms with van der Waals surface area (Å²) in [5.41, 5.74) is 3.81. The Morgan fingerprint density at radius 2 is 1.93 bits per heavy atom. The van der Waals surface area contributed by atoms with Gasteiger partial charge in [-0.1, -0.05) is 31.7 Å². The van der Waals surface area contributed by atoms with E-state index in [2.05, 4.69) is 39.8 Å². The minimum Gasteiger partial charge on any atom is -0.475 e. The monoisotopic (exact) mass is 397 g/mol. The minimum atomic E-state index is 0.678. The Labute approximate surface area is 172 Å². The SMILES string of the molecule is c1cnc2c3c(cc(CN4CCSCC4)c2c1)CN(C1CCCCCC1)CO3. The molecule has 3 heterocycles. The summed E-state index contributed by atoms with van der Waals surface area (Å²) in [6.07, 6.45) is 10.1. The predicted octanol–water partition coefficient (Wildman–Crippen LogP) is 4.66. The highest BCUT2D eigenvalue weighted by Crippen LogP contribution is 2.37. The van der Waals surface area contributed by atoms with Gasteiger partial charge in [0.2, 0.25) is 0 Å². The molecule has 5 heteroatoms. The van der Waals surface area contributed by atoms with E-state index in [0.29, 0.717) is 12.8 Å². The molecular weight excluding hydrogens is 366 g/mol. The summed E-state index contributed by atoms with van der Waals surface area (Å²) in [5.74, 6) is 3.53. The number of thioether (sulfide) groups is 1. The van der Waals surface area contributed by atoms with Gasteiger partial charge in [0.1, 0.15) is 12.2 Å². The van der Waals surface area contributed by atoms with Crippen LogP contribution in [0.3, 0.4) is 0 Å². The largest absolute Gasteiger partial charge is 0.475 e. The van der Waals surface area contributed by atoms with E-state index in [0.717, 1.165) is 24.4 Å². The van der Waals surface area contributed by atoms with Crippen LogP contribution in [0.2, 0.25) is 0 Å². The number of hydrogen-bond donors (Lipinski definition) is 0. The molecule has 0 unspecified atom stereocenters. The number of pyridine rings is 1. The third-order valence-electron chi connectivity index (χ3n) is 6.60. The van der Waals surface area contributed by atoms with Gasteiger partial charge >= 0.3 is 0 Å². The van der Waals surface area contributed by atoms with Crippen molar-refractivity contribution in [3.8, 4) is 5.75 Å². The third-order valence-corrected chi connectivity index (χ3v) is 7.54. The molecule has 0 amide bonds. The molecule has 0 atom stereocenters. The lowest BCUT2D eigenvalue weighted by Gasteiger charge is -2.36. The first kappa shape index (κ1) is 18.7. The molecule has 1 saturated heterocycles. The Morgan fingerprint density at radius 3 is 2.75 bits per heavy atom. The molecule has 4 nitrogen and oxygen atoms in total. The number of benzene rings is 1. The van der Waals surface area contributed by atoms with E-state index in [1.165, 1.54) is 79.6 Å². The van der Waals surface area contributed by atoms with Gasteiger partial charge in [-0.25, -0.2) is 0 Å². The van der Waals surface area contributed by atoms with Crippen LogP contribution in [-0.2, 0) is 13.1 Å². The molecule has 1 aromatic carbocycles. The Bertz CT molecular complexity index is 813. The molecule has 150 valence electrons. The van der Waals surface area contributed by atoms with Crippen LogP contribution in [0.25, 0.3) is 10.9 Å². The Balaban J connectivity index is 1.45. The highest BCUT2D eigenvalue weighted by Gasteiger charge is 2.28. The Kier molecular flexibility index (Phi) is 5.75. The average Bonchev–Trinajstić information content (AvgIpc) is 3.04. The van der Waals surface area contributed by atoms with Crippen LogP contribution in [0.15, 0.2) is 24.4 Å². The first-order valence-electron chi connectivity index (χ1n) is 10.9. The zero-order valence-electron chi connectivity index (χ0n) is 16.7. The van der Waals surface area contributed by atoms with Crippen molar-refractivity contribution < 1.29 is 4.74 Å². The first-order chi connectivity index (χ1) is 13.9. The second-order valence-corrected chi connectivity index (χ2v) is 9.70. The van der Waals surface area contributed by atoms with Gasteiger partial charge in [0.15, 0.2) is 5.75 Å². The molecular formula is C23H31N3OS. The molecule has 1 aromatic heterocycles. The van der Waals surface area contributed by atoms with Gasteiger partial charge in [0, 0.05) is 60.9 Å². The molecule has 2 aromatic rings. The van der Waals surface area contributed by atoms with Crippen molar-refractivity contribution in [2.24, 2.45) is 0 Å². The maximum atomic E-state index is 6.33. The molecule has 3 aliphatic rings. The van der Waals surface area contributed by atoms with Crippen molar-refractivity contribution in [3.05, 3.63) is 35.5 Å². The topological polar surface area (TPSA) is 28.6 Å². The van der Waals surface area contributed by atoms with Crippen molar-refractivity contribution in [1.82, 2.24) is 14.8 Å². The maximum absolute atomic E-state index is 6.33. The van der Waals surface area contributed by atoms with Gasteiger partial charge < -0.3 is 4.74 Å². The van der Waals surface area contributed by atoms with E-state index >= 15 is 0 Å². The summed E-state index contributed by atoms with van der Waals surface area (Å²) in [7, 11) is 0. The van der Waals surface area contributed by atoms with Crippen molar-refractivity contribution in [1.29, 1.82) is 0 Å². The Morgan fingerprint density at radius 1 is 1.11 bits per heavy atom. The third kappa shape index (κ3) is 3.89. The summed E-state index contributed by atoms with van der Waals surface area (Å²) >= 11 is 2.07. The van der Waals surface area contributed by atoms with Crippen molar-refractivity contribution >= 4 is 22.7 Å². The van der Waals surface area contributed by atoms with Crippen molar-refractivity contribution in [3.63, 3.8) is 0 Å². The number of aromatic nitrogens is 1. The van der Waals surface area contributed by atoms with E-state index in [4.69, 9.17) is 9.72 Å². The van der Waals surface area contributed by atoms with Gasteiger partial charge in [-0.2, -0.15) is 11.8 Å². The maximum Gasteiger partial charge on any atom is 0.152 e. The van der Waals surface area contributed by atoms with E-state index in [9.17, 15) is 0 Å². The van der Waals surface area contributed by atoms with Crippen LogP contribution < -0.4 is 4.74 Å². The molecule has 1 aliphatic carbocycles. The summed E-state index contributed by atoms with van der Waals surface area (Å²) < 4.78 is 6.33. The van der Waals surface area contributed by atoms with Crippen LogP contribution in [0.1, 0.15) is 49.7 Å². The second kappa shape index (κ2) is 8.60. The van der Waals surface area contributed by atoms with Crippen LogP contribution in [0.4, 0.5) is 0 Å². The van der Waals surface area contributed by atoms with Gasteiger partial charge in [-0.15, -0.1) is 0 Å². The van der Waals surface area contributed by atoms with Crippen LogP contribution in [-0.4, -0.2) is 52.2 Å². The van der Waals surface area contributed by atoms with Crippen LogP contribution in [0.5, 0.6) is 5.75 Å². The predicted molar refractivity (Wildman–Crippen MR) is 117 cm³/mol. The number of hydrogen-bond acceptors (Lipinski definition) is 5. The molecule has 1 saturated carbocycles. The minimum absolute atomic E-state index is 0.678. The molecule has 0 N–H and O–H groups in total. The smallest absolute Gasteiger partial charge is 0.152 e. The van der Waals surface area contributed by atoms with E-state index < -0.39 is 0 Å². The fourth-order valence-electron chi connectivity index (χ4n) is 5.03. The normalized spacial score (nSPS) is 22.6. The summed E-state index contributed by atoms with van der Waals surface area (Å²) in [4.78, 5) is 9.90. The summed E-state index contributed by atoms with van der Waals surface area (Å²) in [6, 6.07) is 7.38. The zero-order valence-corrected chi connectivity index (χ0v) is 17.6. The molecule has 0 spiro atoms. The van der Waals surface area contributed by atoms with E-state index in [1.54, 1.807) is 0 Å². The van der Waals surface area contributed by atoms with E-state index in [1.807, 2.05) is 6.20 Å². The molecule has 2 fully saturated rings. The lowest BCUT2D eigenvalue weighted by atomic mass is 9.99. The summed E-state index contributed by atoms with van der Waals surface area (Å²) in [6.45, 7) is 5.13. The standard InChI is InChI=1S/C23H31N3OS/c1-2-4-7-20(6-3-1)26-16-19-14-18(15-25-10-12-28-13-11-25)21-8-5-9-24-22(21)23(19)27-17-26/h5,8-9,14,20H,1-4,6-7,10-13,15-17H2. The lowest BCUT2D eigenvalue weighted by Crippen LogP contribution is -2.40. The van der Waals surface area contributed by atoms with Gasteiger partial charge in [0.25, 0.3) is 0 Å². The van der Waals surface area contributed by atoms with Gasteiger partial charge in [-0.05, 0) is 30.5 Å². The molecule has 2 aliphatic heterocycles. The van der Waals surface area contributed by atoms with Crippen molar-refractivity contribution in [2.75, 3.05) is 31.3 Å². The quantitative estimate of drug-likeness (QED) is 0.703. The lowest BCUT2D eigenvalue weighted by molar-refractivity contribution is 0.0503. The highest BCUT2D eigenvalue weighted by atomic mass is 32.2. The molecule has 0 bridgehead atoms. The van der Waals surface area contributed by atoms with Crippen LogP contribution in [0, 0.1) is 0 Å². The fourth-order valence-corrected chi connectivity index (χ4v) is 6.01. The Hall–Kier alpha value is -1.30. The molecule has 0 radical (unpaired) electrons. The van der Waals surface area contributed by atoms with Gasteiger partial charge in [-0.3, -0.25) is 14.8 Å². The van der Waals surface area contributed by atoms with Crippen molar-refractivity contribution in [2.45, 2.75) is 57.7 Å². The molecule has 28 heavy (non-hydrogen) atoms.